The van der Waals surface area contributed by atoms with E-state index in [4.69, 9.17) is 11.5 Å². The van der Waals surface area contributed by atoms with E-state index in [0.29, 0.717) is 16.9 Å². The van der Waals surface area contributed by atoms with Crippen molar-refractivity contribution in [3.8, 4) is 0 Å². The number of hydrogen-bond acceptors (Lipinski definition) is 4. The number of nitrogen functional groups attached to an aromatic ring is 1. The van der Waals surface area contributed by atoms with E-state index in [2.05, 4.69) is 10.3 Å². The van der Waals surface area contributed by atoms with E-state index < -0.39 is 5.91 Å². The summed E-state index contributed by atoms with van der Waals surface area (Å²) in [6.07, 6.45) is 3.41. The van der Waals surface area contributed by atoms with Crippen LogP contribution in [0.25, 0.3) is 0 Å². The lowest BCUT2D eigenvalue weighted by atomic mass is 10.1. The van der Waals surface area contributed by atoms with Crippen molar-refractivity contribution in [3.63, 3.8) is 0 Å². The molecule has 18 heavy (non-hydrogen) atoms. The second kappa shape index (κ2) is 4.75. The normalized spacial score (nSPS) is 10.1. The van der Waals surface area contributed by atoms with Gasteiger partial charge in [-0.1, -0.05) is 0 Å². The first-order valence-corrected chi connectivity index (χ1v) is 5.45. The summed E-state index contributed by atoms with van der Waals surface area (Å²) in [6.45, 7) is 1.96. The first-order chi connectivity index (χ1) is 8.58. The Morgan fingerprint density at radius 2 is 2.06 bits per heavy atom. The minimum absolute atomic E-state index is 0.410. The standard InChI is InChI=1S/C13H14N4O/c1-8-4-5-16-7-12(8)17-11-6-9(13(15)18)2-3-10(11)14/h2-7,17H,14H2,1H3,(H2,15,18). The summed E-state index contributed by atoms with van der Waals surface area (Å²) >= 11 is 0. The predicted molar refractivity (Wildman–Crippen MR) is 71.6 cm³/mol. The molecule has 1 aromatic carbocycles. The molecule has 0 aliphatic carbocycles. The fourth-order valence-corrected chi connectivity index (χ4v) is 1.56. The summed E-state index contributed by atoms with van der Waals surface area (Å²) in [5, 5.41) is 3.14. The number of carbonyl (C=O) groups is 1. The molecule has 0 aliphatic rings. The van der Waals surface area contributed by atoms with E-state index in [9.17, 15) is 4.79 Å². The number of aromatic nitrogens is 1. The lowest BCUT2D eigenvalue weighted by Crippen LogP contribution is -2.11. The minimum Gasteiger partial charge on any atom is -0.397 e. The zero-order valence-electron chi connectivity index (χ0n) is 9.97. The van der Waals surface area contributed by atoms with Crippen LogP contribution in [0.3, 0.4) is 0 Å². The Hall–Kier alpha value is -2.56. The Balaban J connectivity index is 2.37. The Bertz CT molecular complexity index is 595. The van der Waals surface area contributed by atoms with Gasteiger partial charge in [0.1, 0.15) is 0 Å². The van der Waals surface area contributed by atoms with Gasteiger partial charge >= 0.3 is 0 Å². The maximum Gasteiger partial charge on any atom is 0.248 e. The molecular formula is C13H14N4O. The Morgan fingerprint density at radius 3 is 2.72 bits per heavy atom. The van der Waals surface area contributed by atoms with Crippen molar-refractivity contribution in [2.45, 2.75) is 6.92 Å². The molecule has 0 atom stereocenters. The van der Waals surface area contributed by atoms with Gasteiger partial charge in [0.25, 0.3) is 0 Å². The molecule has 5 heteroatoms. The number of nitrogens with two attached hydrogens (primary N) is 2. The fraction of sp³-hybridized carbons (Fsp3) is 0.0769. The molecule has 0 fully saturated rings. The van der Waals surface area contributed by atoms with Crippen LogP contribution in [0.1, 0.15) is 15.9 Å². The second-order valence-corrected chi connectivity index (χ2v) is 3.98. The van der Waals surface area contributed by atoms with Gasteiger partial charge in [-0.2, -0.15) is 0 Å². The monoisotopic (exact) mass is 242 g/mol. The van der Waals surface area contributed by atoms with Crippen LogP contribution in [0.15, 0.2) is 36.7 Å². The Kier molecular flexibility index (Phi) is 3.14. The smallest absolute Gasteiger partial charge is 0.248 e. The van der Waals surface area contributed by atoms with Crippen LogP contribution in [-0.4, -0.2) is 10.9 Å². The van der Waals surface area contributed by atoms with E-state index in [0.717, 1.165) is 11.3 Å². The molecule has 1 heterocycles. The molecule has 0 spiro atoms. The molecular weight excluding hydrogens is 228 g/mol. The molecule has 2 rings (SSSR count). The van der Waals surface area contributed by atoms with Crippen LogP contribution in [0, 0.1) is 6.92 Å². The SMILES string of the molecule is Cc1ccncc1Nc1cc(C(N)=O)ccc1N. The third-order valence-corrected chi connectivity index (χ3v) is 2.65. The van der Waals surface area contributed by atoms with Crippen LogP contribution >= 0.6 is 0 Å². The molecule has 0 aliphatic heterocycles. The van der Waals surface area contributed by atoms with Gasteiger partial charge in [0.05, 0.1) is 23.3 Å². The molecule has 92 valence electrons. The zero-order chi connectivity index (χ0) is 13.1. The highest BCUT2D eigenvalue weighted by Crippen LogP contribution is 2.25. The van der Waals surface area contributed by atoms with Gasteiger partial charge in [0, 0.05) is 11.8 Å². The van der Waals surface area contributed by atoms with Gasteiger partial charge in [0.15, 0.2) is 0 Å². The quantitative estimate of drug-likeness (QED) is 0.715. The lowest BCUT2D eigenvalue weighted by molar-refractivity contribution is 0.100. The van der Waals surface area contributed by atoms with E-state index in [1.807, 2.05) is 13.0 Å². The van der Waals surface area contributed by atoms with E-state index in [-0.39, 0.29) is 0 Å². The number of aryl methyl sites for hydroxylation is 1. The third-order valence-electron chi connectivity index (χ3n) is 2.65. The number of carbonyl (C=O) groups excluding carboxylic acids is 1. The number of anilines is 3. The molecule has 0 radical (unpaired) electrons. The number of benzene rings is 1. The molecule has 1 aromatic heterocycles. The van der Waals surface area contributed by atoms with Crippen LogP contribution in [0.2, 0.25) is 0 Å². The highest BCUT2D eigenvalue weighted by molar-refractivity contribution is 5.95. The first kappa shape index (κ1) is 11.9. The first-order valence-electron chi connectivity index (χ1n) is 5.45. The number of amides is 1. The van der Waals surface area contributed by atoms with Gasteiger partial charge in [0.2, 0.25) is 5.91 Å². The maximum atomic E-state index is 11.1. The summed E-state index contributed by atoms with van der Waals surface area (Å²) in [7, 11) is 0. The van der Waals surface area contributed by atoms with Crippen molar-refractivity contribution in [1.29, 1.82) is 0 Å². The number of hydrogen-bond donors (Lipinski definition) is 3. The fourth-order valence-electron chi connectivity index (χ4n) is 1.56. The topological polar surface area (TPSA) is 94.0 Å². The summed E-state index contributed by atoms with van der Waals surface area (Å²) < 4.78 is 0. The van der Waals surface area contributed by atoms with Gasteiger partial charge in [-0.05, 0) is 36.8 Å². The van der Waals surface area contributed by atoms with Crippen LogP contribution in [0.4, 0.5) is 17.1 Å². The van der Waals surface area contributed by atoms with Crippen molar-refractivity contribution in [2.75, 3.05) is 11.1 Å². The summed E-state index contributed by atoms with van der Waals surface area (Å²) in [4.78, 5) is 15.2. The Morgan fingerprint density at radius 1 is 1.28 bits per heavy atom. The molecule has 0 unspecified atom stereocenters. The van der Waals surface area contributed by atoms with Crippen molar-refractivity contribution in [1.82, 2.24) is 4.98 Å². The van der Waals surface area contributed by atoms with Crippen molar-refractivity contribution in [3.05, 3.63) is 47.8 Å². The van der Waals surface area contributed by atoms with Crippen LogP contribution < -0.4 is 16.8 Å². The Labute approximate surface area is 105 Å². The second-order valence-electron chi connectivity index (χ2n) is 3.98. The molecule has 5 N–H and O–H groups in total. The minimum atomic E-state index is -0.485. The predicted octanol–water partition coefficient (Wildman–Crippen LogP) is 1.81. The van der Waals surface area contributed by atoms with E-state index in [1.54, 1.807) is 30.6 Å². The molecule has 0 bridgehead atoms. The number of nitrogens with one attached hydrogen (secondary N) is 1. The van der Waals surface area contributed by atoms with Gasteiger partial charge < -0.3 is 16.8 Å². The van der Waals surface area contributed by atoms with Gasteiger partial charge in [-0.15, -0.1) is 0 Å². The number of nitrogens with zero attached hydrogens (tertiary/aromatic N) is 1. The average molecular weight is 242 g/mol. The van der Waals surface area contributed by atoms with Gasteiger partial charge in [-0.3, -0.25) is 9.78 Å². The molecule has 0 saturated carbocycles. The average Bonchev–Trinajstić information content (AvgIpc) is 2.34. The van der Waals surface area contributed by atoms with Crippen molar-refractivity contribution >= 4 is 23.0 Å². The summed E-state index contributed by atoms with van der Waals surface area (Å²) in [5.74, 6) is -0.485. The zero-order valence-corrected chi connectivity index (χ0v) is 9.97. The largest absolute Gasteiger partial charge is 0.397 e. The van der Waals surface area contributed by atoms with E-state index >= 15 is 0 Å². The van der Waals surface area contributed by atoms with Gasteiger partial charge in [-0.25, -0.2) is 0 Å². The van der Waals surface area contributed by atoms with E-state index in [1.165, 1.54) is 0 Å². The molecule has 5 nitrogen and oxygen atoms in total. The highest BCUT2D eigenvalue weighted by atomic mass is 16.1. The number of rotatable bonds is 3. The highest BCUT2D eigenvalue weighted by Gasteiger charge is 2.06. The van der Waals surface area contributed by atoms with Crippen LogP contribution in [0.5, 0.6) is 0 Å². The molecule has 2 aromatic rings. The third kappa shape index (κ3) is 2.40. The molecule has 1 amide bonds. The number of primary amides is 1. The number of pyridine rings is 1. The van der Waals surface area contributed by atoms with Crippen molar-refractivity contribution in [2.24, 2.45) is 5.73 Å². The summed E-state index contributed by atoms with van der Waals surface area (Å²) in [6, 6.07) is 6.76. The van der Waals surface area contributed by atoms with Crippen molar-refractivity contribution < 1.29 is 4.79 Å². The molecule has 0 saturated heterocycles. The lowest BCUT2D eigenvalue weighted by Gasteiger charge is -2.11. The van der Waals surface area contributed by atoms with Crippen LogP contribution in [-0.2, 0) is 0 Å². The maximum absolute atomic E-state index is 11.1. The summed E-state index contributed by atoms with van der Waals surface area (Å²) in [5.41, 5.74) is 14.6.